The van der Waals surface area contributed by atoms with Crippen molar-refractivity contribution in [2.45, 2.75) is 17.7 Å². The van der Waals surface area contributed by atoms with E-state index in [4.69, 9.17) is 0 Å². The van der Waals surface area contributed by atoms with Crippen LogP contribution in [-0.2, 0) is 9.84 Å². The van der Waals surface area contributed by atoms with Gasteiger partial charge in [0.05, 0.1) is 5.69 Å². The van der Waals surface area contributed by atoms with E-state index in [1.54, 1.807) is 0 Å². The summed E-state index contributed by atoms with van der Waals surface area (Å²) in [4.78, 5) is -0.940. The molecule has 5 nitrogen and oxygen atoms in total. The van der Waals surface area contributed by atoms with Crippen LogP contribution in [0.2, 0.25) is 0 Å². The molecule has 2 aromatic carbocycles. The Kier molecular flexibility index (Phi) is 5.74. The van der Waals surface area contributed by atoms with Crippen LogP contribution in [0.4, 0.5) is 30.7 Å². The lowest BCUT2D eigenvalue weighted by Crippen LogP contribution is -2.16. The van der Waals surface area contributed by atoms with E-state index < -0.39 is 56.3 Å². The summed E-state index contributed by atoms with van der Waals surface area (Å²) < 4.78 is 120. The van der Waals surface area contributed by atoms with Gasteiger partial charge in [-0.15, -0.1) is 13.2 Å². The lowest BCUT2D eigenvalue weighted by atomic mass is 10.1. The summed E-state index contributed by atoms with van der Waals surface area (Å²) in [5.41, 5.74) is -1.68. The minimum absolute atomic E-state index is 0.0286. The maximum Gasteiger partial charge on any atom is 0.573 e. The fourth-order valence-corrected chi connectivity index (χ4v) is 3.42. The Hall–Kier alpha value is -3.09. The van der Waals surface area contributed by atoms with Crippen LogP contribution in [-0.4, -0.2) is 30.8 Å². The van der Waals surface area contributed by atoms with Gasteiger partial charge in [-0.3, -0.25) is 0 Å². The molecule has 0 unspecified atom stereocenters. The van der Waals surface area contributed by atoms with Crippen LogP contribution in [0.15, 0.2) is 47.4 Å². The fraction of sp³-hybridized carbons (Fsp3) is 0.167. The van der Waals surface area contributed by atoms with Crippen molar-refractivity contribution in [3.8, 4) is 22.7 Å². The van der Waals surface area contributed by atoms with Crippen LogP contribution < -0.4 is 4.74 Å². The third kappa shape index (κ3) is 4.98. The van der Waals surface area contributed by atoms with Crippen molar-refractivity contribution in [1.82, 2.24) is 9.78 Å². The molecule has 0 N–H and O–H groups in total. The molecule has 0 radical (unpaired) electrons. The molecule has 3 rings (SSSR count). The first-order valence-corrected chi connectivity index (χ1v) is 10.1. The molecule has 166 valence electrons. The minimum Gasteiger partial charge on any atom is -0.406 e. The highest BCUT2D eigenvalue weighted by molar-refractivity contribution is 7.90. The van der Waals surface area contributed by atoms with Gasteiger partial charge in [-0.2, -0.15) is 5.10 Å². The Labute approximate surface area is 170 Å². The van der Waals surface area contributed by atoms with E-state index in [-0.39, 0.29) is 11.3 Å². The number of aromatic nitrogens is 2. The van der Waals surface area contributed by atoms with Gasteiger partial charge in [0.15, 0.2) is 9.84 Å². The van der Waals surface area contributed by atoms with E-state index in [1.165, 1.54) is 0 Å². The number of benzene rings is 2. The smallest absolute Gasteiger partial charge is 0.406 e. The second kappa shape index (κ2) is 7.87. The molecule has 0 atom stereocenters. The van der Waals surface area contributed by atoms with Gasteiger partial charge in [0.25, 0.3) is 6.43 Å². The predicted octanol–water partition coefficient (Wildman–Crippen LogP) is 5.06. The Morgan fingerprint density at radius 2 is 1.61 bits per heavy atom. The Morgan fingerprint density at radius 3 is 2.13 bits per heavy atom. The average Bonchev–Trinajstić information content (AvgIpc) is 3.07. The summed E-state index contributed by atoms with van der Waals surface area (Å²) >= 11 is 0. The molecule has 1 aromatic heterocycles. The zero-order chi connectivity index (χ0) is 23.1. The molecule has 0 aliphatic carbocycles. The summed E-state index contributed by atoms with van der Waals surface area (Å²) in [6.45, 7) is 0. The van der Waals surface area contributed by atoms with E-state index in [9.17, 15) is 39.2 Å². The van der Waals surface area contributed by atoms with Crippen LogP contribution in [0.5, 0.6) is 5.75 Å². The SMILES string of the molecule is CS(=O)(=O)c1cc(F)c(-n2nc(C(F)F)cc2-c2ccc(OC(F)(F)F)cc2)cc1F. The van der Waals surface area contributed by atoms with Gasteiger partial charge in [0.1, 0.15) is 33.7 Å². The van der Waals surface area contributed by atoms with E-state index >= 15 is 0 Å². The van der Waals surface area contributed by atoms with E-state index in [0.29, 0.717) is 23.1 Å². The molecular weight excluding hydrogens is 457 g/mol. The van der Waals surface area contributed by atoms with E-state index in [1.807, 2.05) is 0 Å². The third-order valence-corrected chi connectivity index (χ3v) is 5.08. The molecule has 0 amide bonds. The van der Waals surface area contributed by atoms with Gasteiger partial charge >= 0.3 is 6.36 Å². The normalized spacial score (nSPS) is 12.4. The molecule has 0 saturated heterocycles. The lowest BCUT2D eigenvalue weighted by Gasteiger charge is -2.12. The van der Waals surface area contributed by atoms with E-state index in [2.05, 4.69) is 9.84 Å². The fourth-order valence-electron chi connectivity index (χ4n) is 2.69. The number of hydrogen-bond donors (Lipinski definition) is 0. The molecule has 1 heterocycles. The maximum atomic E-state index is 14.6. The first-order valence-electron chi connectivity index (χ1n) is 8.20. The van der Waals surface area contributed by atoms with Crippen molar-refractivity contribution in [3.63, 3.8) is 0 Å². The van der Waals surface area contributed by atoms with Crippen molar-refractivity contribution in [3.05, 3.63) is 59.8 Å². The van der Waals surface area contributed by atoms with Crippen molar-refractivity contribution in [1.29, 1.82) is 0 Å². The first kappa shape index (κ1) is 22.6. The average molecular weight is 468 g/mol. The minimum atomic E-state index is -4.95. The second-order valence-corrected chi connectivity index (χ2v) is 8.23. The number of ether oxygens (including phenoxy) is 1. The number of alkyl halides is 5. The van der Waals surface area contributed by atoms with Crippen LogP contribution in [0, 0.1) is 11.6 Å². The van der Waals surface area contributed by atoms with Crippen LogP contribution in [0.1, 0.15) is 12.1 Å². The number of nitrogens with zero attached hydrogens (tertiary/aromatic N) is 2. The first-order chi connectivity index (χ1) is 14.3. The van der Waals surface area contributed by atoms with Gasteiger partial charge in [0.2, 0.25) is 0 Å². The largest absolute Gasteiger partial charge is 0.573 e. The number of sulfone groups is 1. The number of rotatable bonds is 5. The Morgan fingerprint density at radius 1 is 1.00 bits per heavy atom. The molecule has 31 heavy (non-hydrogen) atoms. The molecule has 0 fully saturated rings. The van der Waals surface area contributed by atoms with Crippen molar-refractivity contribution < 1.29 is 43.9 Å². The molecule has 13 heteroatoms. The van der Waals surface area contributed by atoms with Crippen LogP contribution in [0.25, 0.3) is 16.9 Å². The third-order valence-electron chi connectivity index (χ3n) is 3.96. The second-order valence-electron chi connectivity index (χ2n) is 6.25. The summed E-state index contributed by atoms with van der Waals surface area (Å²) in [7, 11) is -4.12. The summed E-state index contributed by atoms with van der Waals surface area (Å²) in [5.74, 6) is -3.21. The quantitative estimate of drug-likeness (QED) is 0.492. The van der Waals surface area contributed by atoms with Crippen molar-refractivity contribution >= 4 is 9.84 Å². The molecule has 0 aliphatic heterocycles. The highest BCUT2D eigenvalue weighted by Gasteiger charge is 2.31. The number of halogens is 7. The van der Waals surface area contributed by atoms with Crippen LogP contribution >= 0.6 is 0 Å². The van der Waals surface area contributed by atoms with Gasteiger partial charge < -0.3 is 4.74 Å². The molecule has 0 aliphatic rings. The van der Waals surface area contributed by atoms with Gasteiger partial charge in [0, 0.05) is 17.9 Å². The zero-order valence-electron chi connectivity index (χ0n) is 15.3. The monoisotopic (exact) mass is 468 g/mol. The summed E-state index contributed by atoms with van der Waals surface area (Å²) in [6, 6.07) is 5.63. The summed E-state index contributed by atoms with van der Waals surface area (Å²) in [5, 5.41) is 3.53. The van der Waals surface area contributed by atoms with Crippen molar-refractivity contribution in [2.24, 2.45) is 0 Å². The highest BCUT2D eigenvalue weighted by Crippen LogP contribution is 2.32. The molecule has 0 bridgehead atoms. The van der Waals surface area contributed by atoms with Crippen LogP contribution in [0.3, 0.4) is 0 Å². The molecule has 0 spiro atoms. The van der Waals surface area contributed by atoms with Gasteiger partial charge in [-0.05, 0) is 36.4 Å². The molecule has 3 aromatic rings. The van der Waals surface area contributed by atoms with Gasteiger partial charge in [-0.25, -0.2) is 30.7 Å². The zero-order valence-corrected chi connectivity index (χ0v) is 16.1. The van der Waals surface area contributed by atoms with Gasteiger partial charge in [-0.1, -0.05) is 0 Å². The van der Waals surface area contributed by atoms with E-state index in [0.717, 1.165) is 30.3 Å². The van der Waals surface area contributed by atoms with Crippen molar-refractivity contribution in [2.75, 3.05) is 6.26 Å². The maximum absolute atomic E-state index is 14.6. The molecule has 0 saturated carbocycles. The summed E-state index contributed by atoms with van der Waals surface area (Å²) in [6.07, 6.45) is -7.40. The Balaban J connectivity index is 2.14. The lowest BCUT2D eigenvalue weighted by molar-refractivity contribution is -0.274. The highest BCUT2D eigenvalue weighted by atomic mass is 32.2. The number of hydrogen-bond acceptors (Lipinski definition) is 4. The standard InChI is InChI=1S/C18H11F7N2O3S/c1-31(28,29)16-7-11(19)15(6-12(16)20)27-14(8-13(26-27)17(21)22)9-2-4-10(5-3-9)30-18(23,24)25/h2-8,17H,1H3. The predicted molar refractivity (Wildman–Crippen MR) is 93.7 cm³/mol. The topological polar surface area (TPSA) is 61.2 Å². The molecular formula is C18H11F7N2O3S. The Bertz CT molecular complexity index is 1220.